The van der Waals surface area contributed by atoms with Gasteiger partial charge in [0.05, 0.1) is 0 Å². The van der Waals surface area contributed by atoms with Crippen LogP contribution in [0.15, 0.2) is 73.3 Å². The van der Waals surface area contributed by atoms with E-state index in [1.807, 2.05) is 29.4 Å². The van der Waals surface area contributed by atoms with E-state index in [0.717, 1.165) is 11.4 Å². The number of carbonyl (C=O) groups is 1. The van der Waals surface area contributed by atoms with Crippen molar-refractivity contribution in [3.05, 3.63) is 102 Å². The summed E-state index contributed by atoms with van der Waals surface area (Å²) in [7, 11) is 3.75. The molecule has 2 aromatic carbocycles. The van der Waals surface area contributed by atoms with Crippen molar-refractivity contribution in [1.82, 2.24) is 24.4 Å². The predicted octanol–water partition coefficient (Wildman–Crippen LogP) is 3.39. The van der Waals surface area contributed by atoms with E-state index < -0.39 is 6.04 Å². The first-order valence-corrected chi connectivity index (χ1v) is 9.74. The third-order valence-electron chi connectivity index (χ3n) is 5.00. The number of rotatable bonds is 7. The van der Waals surface area contributed by atoms with Gasteiger partial charge in [0, 0.05) is 44.4 Å². The number of hydrogen-bond donors (Lipinski definition) is 1. The molecule has 1 N–H and O–H groups in total. The van der Waals surface area contributed by atoms with Crippen LogP contribution in [0.4, 0.5) is 4.39 Å². The summed E-state index contributed by atoms with van der Waals surface area (Å²) in [6.07, 6.45) is 7.02. The maximum Gasteiger partial charge on any atom is 0.252 e. The molecule has 0 spiro atoms. The normalized spacial score (nSPS) is 11.8. The van der Waals surface area contributed by atoms with Gasteiger partial charge in [-0.3, -0.25) is 4.79 Å². The molecule has 0 saturated heterocycles. The molecule has 1 unspecified atom stereocenters. The van der Waals surface area contributed by atoms with Gasteiger partial charge in [0.1, 0.15) is 35.9 Å². The Kier molecular flexibility index (Phi) is 5.79. The second kappa shape index (κ2) is 8.83. The highest BCUT2D eigenvalue weighted by Crippen LogP contribution is 2.22. The summed E-state index contributed by atoms with van der Waals surface area (Å²) in [6, 6.07) is 12.4. The summed E-state index contributed by atoms with van der Waals surface area (Å²) in [4.78, 5) is 21.5. The molecule has 2 aromatic heterocycles. The van der Waals surface area contributed by atoms with Crippen LogP contribution >= 0.6 is 0 Å². The molecule has 1 atom stereocenters. The summed E-state index contributed by atoms with van der Waals surface area (Å²) in [5.74, 6) is 1.48. The Morgan fingerprint density at radius 1 is 1.00 bits per heavy atom. The number of nitrogens with one attached hydrogen (secondary N) is 1. The molecule has 0 aliphatic rings. The summed E-state index contributed by atoms with van der Waals surface area (Å²) in [5.41, 5.74) is 1.21. The van der Waals surface area contributed by atoms with Crippen LogP contribution in [-0.4, -0.2) is 25.0 Å². The van der Waals surface area contributed by atoms with Crippen molar-refractivity contribution < 1.29 is 13.9 Å². The maximum absolute atomic E-state index is 13.4. The minimum atomic E-state index is -0.521. The third kappa shape index (κ3) is 4.63. The zero-order chi connectivity index (χ0) is 21.8. The lowest BCUT2D eigenvalue weighted by molar-refractivity contribution is 0.0941. The van der Waals surface area contributed by atoms with Crippen molar-refractivity contribution in [3.63, 3.8) is 0 Å². The Balaban J connectivity index is 1.48. The molecule has 4 rings (SSSR count). The smallest absolute Gasteiger partial charge is 0.252 e. The van der Waals surface area contributed by atoms with Crippen molar-refractivity contribution >= 4 is 5.91 Å². The molecular formula is C23H22FN5O2. The highest BCUT2D eigenvalue weighted by molar-refractivity contribution is 5.94. The molecule has 1 amide bonds. The number of hydrogen-bond acceptors (Lipinski definition) is 4. The third-order valence-corrected chi connectivity index (χ3v) is 5.00. The summed E-state index contributed by atoms with van der Waals surface area (Å²) in [6.45, 7) is 0.334. The van der Waals surface area contributed by atoms with E-state index in [-0.39, 0.29) is 11.7 Å². The molecule has 158 valence electrons. The van der Waals surface area contributed by atoms with E-state index in [1.165, 1.54) is 12.1 Å². The first-order valence-electron chi connectivity index (χ1n) is 9.74. The van der Waals surface area contributed by atoms with Crippen molar-refractivity contribution in [2.75, 3.05) is 0 Å². The highest BCUT2D eigenvalue weighted by atomic mass is 19.1. The molecule has 4 aromatic rings. The van der Waals surface area contributed by atoms with Gasteiger partial charge in [-0.05, 0) is 42.0 Å². The van der Waals surface area contributed by atoms with Gasteiger partial charge in [-0.15, -0.1) is 0 Å². The largest absolute Gasteiger partial charge is 0.486 e. The minimum Gasteiger partial charge on any atom is -0.486 e. The van der Waals surface area contributed by atoms with Crippen molar-refractivity contribution in [3.8, 4) is 5.75 Å². The fourth-order valence-electron chi connectivity index (χ4n) is 3.21. The zero-order valence-corrected chi connectivity index (χ0v) is 17.2. The predicted molar refractivity (Wildman–Crippen MR) is 113 cm³/mol. The molecule has 8 heteroatoms. The van der Waals surface area contributed by atoms with E-state index in [9.17, 15) is 9.18 Å². The van der Waals surface area contributed by atoms with Crippen LogP contribution in [0.2, 0.25) is 0 Å². The number of halogens is 1. The monoisotopic (exact) mass is 419 g/mol. The van der Waals surface area contributed by atoms with Gasteiger partial charge in [-0.2, -0.15) is 0 Å². The fraction of sp³-hybridized carbons (Fsp3) is 0.174. The average Bonchev–Trinajstić information content (AvgIpc) is 3.39. The number of aryl methyl sites for hydroxylation is 2. The van der Waals surface area contributed by atoms with E-state index in [4.69, 9.17) is 4.74 Å². The number of ether oxygens (including phenoxy) is 1. The van der Waals surface area contributed by atoms with Crippen LogP contribution in [0, 0.1) is 5.82 Å². The van der Waals surface area contributed by atoms with Gasteiger partial charge >= 0.3 is 0 Å². The van der Waals surface area contributed by atoms with Gasteiger partial charge in [0.15, 0.2) is 0 Å². The molecule has 0 aliphatic heterocycles. The number of nitrogens with zero attached hydrogens (tertiary/aromatic N) is 4. The standard InChI is InChI=1S/C23H22FN5O2/c1-28-13-11-25-20(28)15-31-19-9-5-17(6-10-19)23(30)27-21(22-26-12-14-29(22)2)16-3-7-18(24)8-4-16/h3-14,21H,15H2,1-2H3,(H,27,30). The Morgan fingerprint density at radius 3 is 2.29 bits per heavy atom. The SMILES string of the molecule is Cn1ccnc1COc1ccc(C(=O)NC(c2ccc(F)cc2)c2nccn2C)cc1. The molecule has 0 saturated carbocycles. The fourth-order valence-corrected chi connectivity index (χ4v) is 3.21. The first kappa shape index (κ1) is 20.3. The molecule has 7 nitrogen and oxygen atoms in total. The van der Waals surface area contributed by atoms with Crippen molar-refractivity contribution in [2.45, 2.75) is 12.6 Å². The summed E-state index contributed by atoms with van der Waals surface area (Å²) < 4.78 is 22.8. The number of amides is 1. The highest BCUT2D eigenvalue weighted by Gasteiger charge is 2.21. The lowest BCUT2D eigenvalue weighted by Gasteiger charge is -2.19. The molecule has 31 heavy (non-hydrogen) atoms. The Labute approximate surface area is 179 Å². The lowest BCUT2D eigenvalue weighted by atomic mass is 10.1. The summed E-state index contributed by atoms with van der Waals surface area (Å²) >= 11 is 0. The molecule has 0 fully saturated rings. The number of imidazole rings is 2. The Hall–Kier alpha value is -3.94. The molecule has 0 aliphatic carbocycles. The van der Waals surface area contributed by atoms with E-state index in [2.05, 4.69) is 15.3 Å². The van der Waals surface area contributed by atoms with E-state index >= 15 is 0 Å². The Morgan fingerprint density at radius 2 is 1.68 bits per heavy atom. The van der Waals surface area contributed by atoms with Gasteiger partial charge in [0.25, 0.3) is 5.91 Å². The van der Waals surface area contributed by atoms with Gasteiger partial charge in [-0.25, -0.2) is 14.4 Å². The minimum absolute atomic E-state index is 0.270. The van der Waals surface area contributed by atoms with Gasteiger partial charge in [0.2, 0.25) is 0 Å². The van der Waals surface area contributed by atoms with Crippen molar-refractivity contribution in [1.29, 1.82) is 0 Å². The van der Waals surface area contributed by atoms with Gasteiger partial charge < -0.3 is 19.2 Å². The topological polar surface area (TPSA) is 74.0 Å². The van der Waals surface area contributed by atoms with E-state index in [0.29, 0.717) is 23.7 Å². The number of benzene rings is 2. The van der Waals surface area contributed by atoms with Gasteiger partial charge in [-0.1, -0.05) is 12.1 Å². The van der Waals surface area contributed by atoms with Crippen LogP contribution in [-0.2, 0) is 20.7 Å². The summed E-state index contributed by atoms with van der Waals surface area (Å²) in [5, 5.41) is 2.99. The van der Waals surface area contributed by atoms with Crippen molar-refractivity contribution in [2.24, 2.45) is 14.1 Å². The van der Waals surface area contributed by atoms with Crippen LogP contribution in [0.25, 0.3) is 0 Å². The second-order valence-electron chi connectivity index (χ2n) is 7.12. The molecule has 0 bridgehead atoms. The number of carbonyl (C=O) groups excluding carboxylic acids is 1. The maximum atomic E-state index is 13.4. The quantitative estimate of drug-likeness (QED) is 0.498. The lowest BCUT2D eigenvalue weighted by Crippen LogP contribution is -2.31. The zero-order valence-electron chi connectivity index (χ0n) is 17.2. The molecule has 2 heterocycles. The molecule has 0 radical (unpaired) electrons. The van der Waals surface area contributed by atoms with Crippen LogP contribution in [0.1, 0.15) is 33.6 Å². The Bertz CT molecular complexity index is 1170. The molecular weight excluding hydrogens is 397 g/mol. The number of aromatic nitrogens is 4. The van der Waals surface area contributed by atoms with Crippen LogP contribution < -0.4 is 10.1 Å². The van der Waals surface area contributed by atoms with E-state index in [1.54, 1.807) is 55.0 Å². The van der Waals surface area contributed by atoms with Crippen LogP contribution in [0.3, 0.4) is 0 Å². The second-order valence-corrected chi connectivity index (χ2v) is 7.12. The average molecular weight is 419 g/mol. The first-order chi connectivity index (χ1) is 15.0. The van der Waals surface area contributed by atoms with Crippen LogP contribution in [0.5, 0.6) is 5.75 Å².